The molecule has 4 nitrogen and oxygen atoms in total. The number of aromatic amines is 1. The first-order chi connectivity index (χ1) is 12.6. The molecule has 0 unspecified atom stereocenters. The smallest absolute Gasteiger partial charge is 0.178 e. The molecule has 2 heterocycles. The van der Waals surface area contributed by atoms with Crippen molar-refractivity contribution >= 4 is 16.7 Å². The molecular formula is C21H22FN3O. The summed E-state index contributed by atoms with van der Waals surface area (Å²) in [7, 11) is 0. The van der Waals surface area contributed by atoms with Gasteiger partial charge in [-0.05, 0) is 51.0 Å². The molecule has 0 bridgehead atoms. The highest BCUT2D eigenvalue weighted by Crippen LogP contribution is 2.26. The lowest BCUT2D eigenvalue weighted by Gasteiger charge is -2.04. The summed E-state index contributed by atoms with van der Waals surface area (Å²) in [6, 6.07) is 8.56. The van der Waals surface area contributed by atoms with Crippen LogP contribution in [0.25, 0.3) is 27.9 Å². The number of nitrogens with zero attached hydrogens (tertiary/aromatic N) is 2. The molecule has 0 saturated carbocycles. The van der Waals surface area contributed by atoms with Crippen LogP contribution in [-0.2, 0) is 4.74 Å². The van der Waals surface area contributed by atoms with Crippen LogP contribution in [0.15, 0.2) is 54.4 Å². The van der Waals surface area contributed by atoms with Gasteiger partial charge in [-0.1, -0.05) is 24.3 Å². The minimum absolute atomic E-state index is 0.265. The number of allylic oxidation sites excluding steroid dienone is 4. The molecular weight excluding hydrogens is 329 g/mol. The Bertz CT molecular complexity index is 972. The van der Waals surface area contributed by atoms with Crippen LogP contribution in [0.5, 0.6) is 0 Å². The number of rotatable bonds is 6. The van der Waals surface area contributed by atoms with Gasteiger partial charge < -0.3 is 9.72 Å². The van der Waals surface area contributed by atoms with Gasteiger partial charge in [-0.2, -0.15) is 0 Å². The van der Waals surface area contributed by atoms with Crippen molar-refractivity contribution in [3.8, 4) is 11.1 Å². The molecule has 134 valence electrons. The maximum absolute atomic E-state index is 14.0. The number of pyridine rings is 1. The average Bonchev–Trinajstić information content (AvgIpc) is 3.06. The van der Waals surface area contributed by atoms with Gasteiger partial charge in [0.25, 0.3) is 0 Å². The Labute approximate surface area is 152 Å². The Morgan fingerprint density at radius 2 is 2.12 bits per heavy atom. The zero-order chi connectivity index (χ0) is 18.5. The quantitative estimate of drug-likeness (QED) is 0.597. The summed E-state index contributed by atoms with van der Waals surface area (Å²) in [4.78, 5) is 12.2. The monoisotopic (exact) mass is 351 g/mol. The van der Waals surface area contributed by atoms with E-state index in [2.05, 4.69) is 15.0 Å². The lowest BCUT2D eigenvalue weighted by molar-refractivity contribution is 0.230. The van der Waals surface area contributed by atoms with Crippen LogP contribution in [0.2, 0.25) is 0 Å². The maximum Gasteiger partial charge on any atom is 0.178 e. The first-order valence-electron chi connectivity index (χ1n) is 8.68. The molecule has 2 aromatic heterocycles. The van der Waals surface area contributed by atoms with Crippen LogP contribution in [0.3, 0.4) is 0 Å². The van der Waals surface area contributed by atoms with Crippen molar-refractivity contribution < 1.29 is 9.13 Å². The van der Waals surface area contributed by atoms with E-state index in [1.165, 1.54) is 6.07 Å². The van der Waals surface area contributed by atoms with Gasteiger partial charge in [-0.15, -0.1) is 0 Å². The molecule has 1 N–H and O–H groups in total. The lowest BCUT2D eigenvalue weighted by Crippen LogP contribution is -1.89. The molecule has 1 aromatic carbocycles. The van der Waals surface area contributed by atoms with Crippen molar-refractivity contribution in [1.82, 2.24) is 15.0 Å². The zero-order valence-electron chi connectivity index (χ0n) is 15.2. The highest BCUT2D eigenvalue weighted by Gasteiger charge is 2.11. The van der Waals surface area contributed by atoms with E-state index in [4.69, 9.17) is 4.74 Å². The fourth-order valence-corrected chi connectivity index (χ4v) is 2.79. The number of hydrogen-bond donors (Lipinski definition) is 1. The normalized spacial score (nSPS) is 12.6. The van der Waals surface area contributed by atoms with Gasteiger partial charge in [0.05, 0.1) is 17.9 Å². The van der Waals surface area contributed by atoms with Crippen LogP contribution < -0.4 is 0 Å². The standard InChI is InChI=1S/C21H22FN3O/c1-4-15(11-10-14(3)26-5-2)20-24-19-12-16(13-23-21(19)25-20)17-8-6-7-9-18(17)22/h4,6-10,12-13H,5,11H2,1-3H3,(H,23,24,25)/b14-10+,15-4+. The molecule has 0 atom stereocenters. The van der Waals surface area contributed by atoms with Crippen molar-refractivity contribution in [1.29, 1.82) is 0 Å². The van der Waals surface area contributed by atoms with Crippen molar-refractivity contribution in [2.75, 3.05) is 6.61 Å². The van der Waals surface area contributed by atoms with Crippen LogP contribution in [0, 0.1) is 5.82 Å². The third-order valence-corrected chi connectivity index (χ3v) is 4.16. The van der Waals surface area contributed by atoms with Crippen LogP contribution in [-0.4, -0.2) is 21.6 Å². The molecule has 3 aromatic rings. The third kappa shape index (κ3) is 3.82. The second-order valence-corrected chi connectivity index (χ2v) is 5.93. The molecule has 0 saturated heterocycles. The number of benzene rings is 1. The first kappa shape index (κ1) is 17.9. The van der Waals surface area contributed by atoms with E-state index in [0.717, 1.165) is 28.2 Å². The number of imidazole rings is 1. The van der Waals surface area contributed by atoms with Crippen molar-refractivity contribution in [3.63, 3.8) is 0 Å². The number of fused-ring (bicyclic) bond motifs is 1. The first-order valence-corrected chi connectivity index (χ1v) is 8.68. The average molecular weight is 351 g/mol. The number of nitrogens with one attached hydrogen (secondary N) is 1. The van der Waals surface area contributed by atoms with Crippen molar-refractivity contribution in [3.05, 3.63) is 66.1 Å². The highest BCUT2D eigenvalue weighted by atomic mass is 19.1. The van der Waals surface area contributed by atoms with Crippen LogP contribution in [0.4, 0.5) is 4.39 Å². The summed E-state index contributed by atoms with van der Waals surface area (Å²) >= 11 is 0. The van der Waals surface area contributed by atoms with Crippen LogP contribution >= 0.6 is 0 Å². The topological polar surface area (TPSA) is 50.8 Å². The largest absolute Gasteiger partial charge is 0.499 e. The number of ether oxygens (including phenoxy) is 1. The Morgan fingerprint density at radius 3 is 2.85 bits per heavy atom. The van der Waals surface area contributed by atoms with Gasteiger partial charge in [-0.3, -0.25) is 0 Å². The van der Waals surface area contributed by atoms with Crippen molar-refractivity contribution in [2.45, 2.75) is 27.2 Å². The molecule has 0 aliphatic carbocycles. The highest BCUT2D eigenvalue weighted by molar-refractivity contribution is 5.80. The van der Waals surface area contributed by atoms with Gasteiger partial charge in [0, 0.05) is 17.3 Å². The second kappa shape index (κ2) is 7.95. The lowest BCUT2D eigenvalue weighted by atomic mass is 10.1. The van der Waals surface area contributed by atoms with Gasteiger partial charge in [-0.25, -0.2) is 14.4 Å². The van der Waals surface area contributed by atoms with E-state index in [0.29, 0.717) is 24.2 Å². The summed E-state index contributed by atoms with van der Waals surface area (Å²) in [5.41, 5.74) is 3.70. The minimum atomic E-state index is -0.265. The minimum Gasteiger partial charge on any atom is -0.499 e. The van der Waals surface area contributed by atoms with E-state index < -0.39 is 0 Å². The predicted molar refractivity (Wildman–Crippen MR) is 103 cm³/mol. The third-order valence-electron chi connectivity index (χ3n) is 4.16. The molecule has 3 rings (SSSR count). The Morgan fingerprint density at radius 1 is 1.31 bits per heavy atom. The molecule has 0 spiro atoms. The molecule has 0 aliphatic rings. The maximum atomic E-state index is 14.0. The summed E-state index contributed by atoms with van der Waals surface area (Å²) < 4.78 is 19.5. The summed E-state index contributed by atoms with van der Waals surface area (Å²) in [5, 5.41) is 0. The molecule has 0 aliphatic heterocycles. The number of aromatic nitrogens is 3. The molecule has 0 fully saturated rings. The number of halogens is 1. The molecule has 0 radical (unpaired) electrons. The van der Waals surface area contributed by atoms with E-state index in [1.54, 1.807) is 18.3 Å². The van der Waals surface area contributed by atoms with Gasteiger partial charge in [0.2, 0.25) is 0 Å². The Kier molecular flexibility index (Phi) is 5.46. The summed E-state index contributed by atoms with van der Waals surface area (Å²) in [5.74, 6) is 1.39. The summed E-state index contributed by atoms with van der Waals surface area (Å²) in [6.07, 6.45) is 6.41. The van der Waals surface area contributed by atoms with Gasteiger partial charge >= 0.3 is 0 Å². The van der Waals surface area contributed by atoms with E-state index in [1.807, 2.05) is 45.1 Å². The number of hydrogen-bond acceptors (Lipinski definition) is 3. The van der Waals surface area contributed by atoms with Crippen LogP contribution in [0.1, 0.15) is 33.0 Å². The second-order valence-electron chi connectivity index (χ2n) is 5.93. The molecule has 5 heteroatoms. The SMILES string of the molecule is C/C=C(\C/C=C(\C)OCC)c1nc2ncc(-c3ccccc3F)cc2[nH]1. The Hall–Kier alpha value is -2.95. The fourth-order valence-electron chi connectivity index (χ4n) is 2.79. The van der Waals surface area contributed by atoms with E-state index >= 15 is 0 Å². The van der Waals surface area contributed by atoms with Gasteiger partial charge in [0.1, 0.15) is 11.6 Å². The fraction of sp³-hybridized carbons (Fsp3) is 0.238. The predicted octanol–water partition coefficient (Wildman–Crippen LogP) is 5.50. The number of H-pyrrole nitrogens is 1. The molecule has 0 amide bonds. The Balaban J connectivity index is 1.92. The van der Waals surface area contributed by atoms with Crippen molar-refractivity contribution in [2.24, 2.45) is 0 Å². The zero-order valence-corrected chi connectivity index (χ0v) is 15.2. The summed E-state index contributed by atoms with van der Waals surface area (Å²) in [6.45, 7) is 6.54. The van der Waals surface area contributed by atoms with E-state index in [9.17, 15) is 4.39 Å². The molecule has 26 heavy (non-hydrogen) atoms. The van der Waals surface area contributed by atoms with E-state index in [-0.39, 0.29) is 5.82 Å². The van der Waals surface area contributed by atoms with Gasteiger partial charge in [0.15, 0.2) is 5.65 Å².